The lowest BCUT2D eigenvalue weighted by molar-refractivity contribution is 0.0538. The fraction of sp³-hybridized carbons (Fsp3) is 0.200. The molecule has 0 saturated carbocycles. The van der Waals surface area contributed by atoms with Crippen LogP contribution in [0.2, 0.25) is 10.0 Å². The number of thiophene rings is 1. The Bertz CT molecular complexity index is 1060. The van der Waals surface area contributed by atoms with Gasteiger partial charge < -0.3 is 9.80 Å². The zero-order chi connectivity index (χ0) is 19.8. The van der Waals surface area contributed by atoms with E-state index in [-0.39, 0.29) is 17.6 Å². The molecule has 1 aliphatic heterocycles. The van der Waals surface area contributed by atoms with E-state index in [4.69, 9.17) is 23.2 Å². The summed E-state index contributed by atoms with van der Waals surface area (Å²) >= 11 is 13.4. The Labute approximate surface area is 175 Å². The Morgan fingerprint density at radius 3 is 2.14 bits per heavy atom. The van der Waals surface area contributed by atoms with Gasteiger partial charge in [0.1, 0.15) is 10.7 Å². The van der Waals surface area contributed by atoms with E-state index in [0.29, 0.717) is 56.8 Å². The average molecular weight is 437 g/mol. The molecule has 4 nitrogen and oxygen atoms in total. The summed E-state index contributed by atoms with van der Waals surface area (Å²) in [6.45, 7) is 1.70. The largest absolute Gasteiger partial charge is 0.335 e. The molecule has 144 valence electrons. The third kappa shape index (κ3) is 3.60. The number of hydrogen-bond donors (Lipinski definition) is 0. The quantitative estimate of drug-likeness (QED) is 0.570. The normalized spacial score (nSPS) is 14.5. The highest BCUT2D eigenvalue weighted by molar-refractivity contribution is 7.21. The Balaban J connectivity index is 1.46. The molecule has 4 rings (SSSR count). The molecule has 0 radical (unpaired) electrons. The van der Waals surface area contributed by atoms with Gasteiger partial charge in [0.15, 0.2) is 0 Å². The first kappa shape index (κ1) is 19.2. The van der Waals surface area contributed by atoms with Gasteiger partial charge in [0, 0.05) is 46.9 Å². The predicted molar refractivity (Wildman–Crippen MR) is 110 cm³/mol. The molecule has 2 aromatic carbocycles. The lowest BCUT2D eigenvalue weighted by Gasteiger charge is -2.34. The number of fused-ring (bicyclic) bond motifs is 1. The minimum atomic E-state index is -0.362. The zero-order valence-electron chi connectivity index (χ0n) is 14.6. The van der Waals surface area contributed by atoms with E-state index in [1.807, 2.05) is 0 Å². The fourth-order valence-corrected chi connectivity index (χ4v) is 4.84. The van der Waals surface area contributed by atoms with Gasteiger partial charge in [0.2, 0.25) is 0 Å². The third-order valence-electron chi connectivity index (χ3n) is 4.73. The van der Waals surface area contributed by atoms with E-state index >= 15 is 0 Å². The van der Waals surface area contributed by atoms with E-state index in [1.165, 1.54) is 23.5 Å². The van der Waals surface area contributed by atoms with Crippen LogP contribution < -0.4 is 0 Å². The van der Waals surface area contributed by atoms with Crippen LogP contribution >= 0.6 is 34.5 Å². The summed E-state index contributed by atoms with van der Waals surface area (Å²) in [4.78, 5) is 29.3. The van der Waals surface area contributed by atoms with Gasteiger partial charge in [0.05, 0.1) is 5.02 Å². The van der Waals surface area contributed by atoms with Gasteiger partial charge in [-0.15, -0.1) is 11.3 Å². The molecule has 0 N–H and O–H groups in total. The van der Waals surface area contributed by atoms with E-state index in [2.05, 4.69) is 0 Å². The maximum Gasteiger partial charge on any atom is 0.265 e. The summed E-state index contributed by atoms with van der Waals surface area (Å²) in [6.07, 6.45) is 0. The van der Waals surface area contributed by atoms with Crippen LogP contribution in [0.1, 0.15) is 20.0 Å². The number of halogens is 3. The number of carbonyl (C=O) groups is 2. The van der Waals surface area contributed by atoms with Crippen molar-refractivity contribution in [3.8, 4) is 0 Å². The molecule has 8 heteroatoms. The summed E-state index contributed by atoms with van der Waals surface area (Å²) in [5.74, 6) is -0.636. The number of carbonyl (C=O) groups excluding carboxylic acids is 2. The van der Waals surface area contributed by atoms with Crippen LogP contribution in [0, 0.1) is 5.82 Å². The Kier molecular flexibility index (Phi) is 5.27. The smallest absolute Gasteiger partial charge is 0.265 e. The van der Waals surface area contributed by atoms with E-state index in [1.54, 1.807) is 40.1 Å². The van der Waals surface area contributed by atoms with Crippen molar-refractivity contribution < 1.29 is 14.0 Å². The minimum absolute atomic E-state index is 0.0841. The molecule has 1 aliphatic rings. The van der Waals surface area contributed by atoms with E-state index in [0.717, 1.165) is 0 Å². The van der Waals surface area contributed by atoms with Gasteiger partial charge in [-0.3, -0.25) is 9.59 Å². The molecule has 0 atom stereocenters. The summed E-state index contributed by atoms with van der Waals surface area (Å²) in [5, 5.41) is 1.60. The fourth-order valence-electron chi connectivity index (χ4n) is 3.21. The predicted octanol–water partition coefficient (Wildman–Crippen LogP) is 4.95. The second-order valence-electron chi connectivity index (χ2n) is 6.48. The molecule has 0 aliphatic carbocycles. The molecule has 1 saturated heterocycles. The molecule has 1 fully saturated rings. The molecule has 2 amide bonds. The van der Waals surface area contributed by atoms with Gasteiger partial charge >= 0.3 is 0 Å². The molecular formula is C20H15Cl2FN2O2S. The van der Waals surface area contributed by atoms with Crippen LogP contribution in [0.3, 0.4) is 0 Å². The van der Waals surface area contributed by atoms with E-state index < -0.39 is 0 Å². The molecule has 0 unspecified atom stereocenters. The highest BCUT2D eigenvalue weighted by atomic mass is 35.5. The number of piperazine rings is 1. The first-order chi connectivity index (χ1) is 13.4. The first-order valence-corrected chi connectivity index (χ1v) is 10.2. The van der Waals surface area contributed by atoms with Gasteiger partial charge in [-0.05, 0) is 42.5 Å². The number of benzene rings is 2. The SMILES string of the molecule is O=C(c1ccc(Cl)cc1)N1CCN(C(=O)c2sc3cc(F)ccc3c2Cl)CC1. The monoisotopic (exact) mass is 436 g/mol. The maximum atomic E-state index is 13.4. The highest BCUT2D eigenvalue weighted by Crippen LogP contribution is 2.36. The highest BCUT2D eigenvalue weighted by Gasteiger charge is 2.28. The van der Waals surface area contributed by atoms with Crippen molar-refractivity contribution in [1.82, 2.24) is 9.80 Å². The number of nitrogens with zero attached hydrogens (tertiary/aromatic N) is 2. The van der Waals surface area contributed by atoms with Crippen molar-refractivity contribution in [1.29, 1.82) is 0 Å². The lowest BCUT2D eigenvalue weighted by Crippen LogP contribution is -2.50. The topological polar surface area (TPSA) is 40.6 Å². The Morgan fingerprint density at radius 1 is 0.893 bits per heavy atom. The van der Waals surface area contributed by atoms with E-state index in [9.17, 15) is 14.0 Å². The van der Waals surface area contributed by atoms with Gasteiger partial charge in [-0.2, -0.15) is 0 Å². The zero-order valence-corrected chi connectivity index (χ0v) is 17.0. The van der Waals surface area contributed by atoms with Crippen LogP contribution in [-0.4, -0.2) is 47.8 Å². The summed E-state index contributed by atoms with van der Waals surface area (Å²) < 4.78 is 14.1. The summed E-state index contributed by atoms with van der Waals surface area (Å²) in [7, 11) is 0. The molecule has 0 spiro atoms. The van der Waals surface area contributed by atoms with Gasteiger partial charge in [-0.25, -0.2) is 4.39 Å². The summed E-state index contributed by atoms with van der Waals surface area (Å²) in [5.41, 5.74) is 0.568. The van der Waals surface area contributed by atoms with Crippen molar-refractivity contribution in [3.05, 3.63) is 68.8 Å². The standard InChI is InChI=1S/C20H15Cl2FN2O2S/c21-13-3-1-12(2-4-13)19(26)24-7-9-25(10-8-24)20(27)18-17(22)15-6-5-14(23)11-16(15)28-18/h1-6,11H,7-10H2. The molecule has 3 aromatic rings. The molecule has 2 heterocycles. The average Bonchev–Trinajstić information content (AvgIpc) is 3.03. The van der Waals surface area contributed by atoms with Gasteiger partial charge in [-0.1, -0.05) is 23.2 Å². The second-order valence-corrected chi connectivity index (χ2v) is 8.34. The van der Waals surface area contributed by atoms with Crippen LogP contribution in [0.15, 0.2) is 42.5 Å². The van der Waals surface area contributed by atoms with Crippen molar-refractivity contribution in [2.75, 3.05) is 26.2 Å². The van der Waals surface area contributed by atoms with Crippen molar-refractivity contribution >= 4 is 56.4 Å². The molecule has 0 bridgehead atoms. The second kappa shape index (κ2) is 7.70. The van der Waals surface area contributed by atoms with Crippen molar-refractivity contribution in [3.63, 3.8) is 0 Å². The van der Waals surface area contributed by atoms with Crippen LogP contribution in [0.25, 0.3) is 10.1 Å². The first-order valence-electron chi connectivity index (χ1n) is 8.65. The lowest BCUT2D eigenvalue weighted by atomic mass is 10.2. The van der Waals surface area contributed by atoms with Crippen molar-refractivity contribution in [2.24, 2.45) is 0 Å². The maximum absolute atomic E-state index is 13.4. The van der Waals surface area contributed by atoms with Crippen molar-refractivity contribution in [2.45, 2.75) is 0 Å². The number of hydrogen-bond acceptors (Lipinski definition) is 3. The van der Waals surface area contributed by atoms with Crippen LogP contribution in [-0.2, 0) is 0 Å². The molecular weight excluding hydrogens is 422 g/mol. The van der Waals surface area contributed by atoms with Gasteiger partial charge in [0.25, 0.3) is 11.8 Å². The van der Waals surface area contributed by atoms with Crippen LogP contribution in [0.4, 0.5) is 4.39 Å². The minimum Gasteiger partial charge on any atom is -0.335 e. The summed E-state index contributed by atoms with van der Waals surface area (Å²) in [6, 6.07) is 11.0. The molecule has 1 aromatic heterocycles. The number of rotatable bonds is 2. The number of amides is 2. The Morgan fingerprint density at radius 2 is 1.50 bits per heavy atom. The van der Waals surface area contributed by atoms with Crippen LogP contribution in [0.5, 0.6) is 0 Å². The Hall–Kier alpha value is -2.15. The third-order valence-corrected chi connectivity index (χ3v) is 6.63. The molecule has 28 heavy (non-hydrogen) atoms.